The molecule has 0 aromatic heterocycles. The Balaban J connectivity index is 1.81. The number of hydrogen-bond acceptors (Lipinski definition) is 5. The highest BCUT2D eigenvalue weighted by Crippen LogP contribution is 2.27. The van der Waals surface area contributed by atoms with E-state index in [-0.39, 0.29) is 5.91 Å². The predicted molar refractivity (Wildman–Crippen MR) is 85.0 cm³/mol. The summed E-state index contributed by atoms with van der Waals surface area (Å²) in [5, 5.41) is 3.04. The zero-order chi connectivity index (χ0) is 15.7. The van der Waals surface area contributed by atoms with Crippen molar-refractivity contribution in [1.29, 1.82) is 0 Å². The second-order valence-corrected chi connectivity index (χ2v) is 5.74. The summed E-state index contributed by atoms with van der Waals surface area (Å²) < 4.78 is 11.4. The van der Waals surface area contributed by atoms with Crippen LogP contribution in [-0.2, 0) is 11.3 Å². The molecule has 22 heavy (non-hydrogen) atoms. The quantitative estimate of drug-likeness (QED) is 0.826. The van der Waals surface area contributed by atoms with Gasteiger partial charge in [0.1, 0.15) is 16.1 Å². The van der Waals surface area contributed by atoms with Crippen molar-refractivity contribution in [2.75, 3.05) is 14.2 Å². The number of amides is 1. The Hall–Kier alpha value is -2.15. The third-order valence-electron chi connectivity index (χ3n) is 3.57. The molecule has 0 fully saturated rings. The van der Waals surface area contributed by atoms with Crippen LogP contribution in [0.1, 0.15) is 5.56 Å². The van der Waals surface area contributed by atoms with E-state index in [2.05, 4.69) is 21.2 Å². The minimum absolute atomic E-state index is 0.0185. The molecule has 1 aromatic rings. The number of hydrogen-bond donors (Lipinski definition) is 1. The molecular formula is C15H16BrN3O3. The standard InChI is InChI=1S/C15H16BrN3O3/c1-21-11-5-10(6-12(7-11)22-2)9-18-3-4-19-13(16)8-17-14(19)15(18)20/h3-8,14,17H,9H2,1-2H3. The van der Waals surface area contributed by atoms with Gasteiger partial charge in [-0.2, -0.15) is 0 Å². The molecule has 116 valence electrons. The molecule has 1 atom stereocenters. The summed E-state index contributed by atoms with van der Waals surface area (Å²) in [5.41, 5.74) is 0.938. The van der Waals surface area contributed by atoms with Crippen LogP contribution in [0.15, 0.2) is 41.4 Å². The topological polar surface area (TPSA) is 54.0 Å². The molecule has 3 rings (SSSR count). The number of rotatable bonds is 4. The van der Waals surface area contributed by atoms with Gasteiger partial charge < -0.3 is 24.6 Å². The first-order valence-electron chi connectivity index (χ1n) is 6.73. The fraction of sp³-hybridized carbons (Fsp3) is 0.267. The number of nitrogens with one attached hydrogen (secondary N) is 1. The van der Waals surface area contributed by atoms with Crippen LogP contribution < -0.4 is 14.8 Å². The molecule has 1 N–H and O–H groups in total. The van der Waals surface area contributed by atoms with Gasteiger partial charge >= 0.3 is 0 Å². The molecular weight excluding hydrogens is 350 g/mol. The zero-order valence-corrected chi connectivity index (χ0v) is 13.8. The van der Waals surface area contributed by atoms with E-state index < -0.39 is 6.17 Å². The van der Waals surface area contributed by atoms with Crippen molar-refractivity contribution in [3.05, 3.63) is 47.0 Å². The lowest BCUT2D eigenvalue weighted by molar-refractivity contribution is -0.134. The van der Waals surface area contributed by atoms with Gasteiger partial charge in [-0.3, -0.25) is 4.79 Å². The lowest BCUT2D eigenvalue weighted by Gasteiger charge is -2.32. The Morgan fingerprint density at radius 2 is 1.86 bits per heavy atom. The predicted octanol–water partition coefficient (Wildman–Crippen LogP) is 1.94. The monoisotopic (exact) mass is 365 g/mol. The van der Waals surface area contributed by atoms with Gasteiger partial charge in [-0.1, -0.05) is 0 Å². The van der Waals surface area contributed by atoms with Crippen LogP contribution in [0.4, 0.5) is 0 Å². The minimum atomic E-state index is -0.396. The van der Waals surface area contributed by atoms with E-state index in [1.807, 2.05) is 23.2 Å². The van der Waals surface area contributed by atoms with Crippen molar-refractivity contribution in [2.24, 2.45) is 0 Å². The zero-order valence-electron chi connectivity index (χ0n) is 12.2. The number of nitrogens with zero attached hydrogens (tertiary/aromatic N) is 2. The SMILES string of the molecule is COc1cc(CN2C=CN3C(Br)=CNC3C2=O)cc(OC)c1. The minimum Gasteiger partial charge on any atom is -0.497 e. The third-order valence-corrected chi connectivity index (χ3v) is 4.21. The van der Waals surface area contributed by atoms with E-state index in [9.17, 15) is 4.79 Å². The number of carbonyl (C=O) groups excluding carboxylic acids is 1. The first-order valence-corrected chi connectivity index (χ1v) is 7.52. The summed E-state index contributed by atoms with van der Waals surface area (Å²) in [5.74, 6) is 1.38. The van der Waals surface area contributed by atoms with Gasteiger partial charge in [0.15, 0.2) is 6.17 Å². The van der Waals surface area contributed by atoms with E-state index in [1.165, 1.54) is 0 Å². The maximum absolute atomic E-state index is 12.5. The van der Waals surface area contributed by atoms with Crippen molar-refractivity contribution < 1.29 is 14.3 Å². The fourth-order valence-electron chi connectivity index (χ4n) is 2.44. The van der Waals surface area contributed by atoms with Crippen molar-refractivity contribution >= 4 is 21.8 Å². The van der Waals surface area contributed by atoms with Crippen LogP contribution in [0, 0.1) is 0 Å². The van der Waals surface area contributed by atoms with Crippen molar-refractivity contribution in [3.8, 4) is 11.5 Å². The largest absolute Gasteiger partial charge is 0.497 e. The Kier molecular flexibility index (Phi) is 3.98. The van der Waals surface area contributed by atoms with Gasteiger partial charge in [-0.15, -0.1) is 0 Å². The third kappa shape index (κ3) is 2.64. The average molecular weight is 366 g/mol. The molecule has 6 nitrogen and oxygen atoms in total. The Morgan fingerprint density at radius 3 is 2.50 bits per heavy atom. The first-order chi connectivity index (χ1) is 10.6. The average Bonchev–Trinajstić information content (AvgIpc) is 2.91. The normalized spacial score (nSPS) is 19.7. The van der Waals surface area contributed by atoms with Gasteiger partial charge in [-0.05, 0) is 33.6 Å². The summed E-state index contributed by atoms with van der Waals surface area (Å²) >= 11 is 3.40. The summed E-state index contributed by atoms with van der Waals surface area (Å²) in [7, 11) is 3.21. The van der Waals surface area contributed by atoms with Crippen molar-refractivity contribution in [2.45, 2.75) is 12.7 Å². The van der Waals surface area contributed by atoms with Crippen LogP contribution >= 0.6 is 15.9 Å². The molecule has 1 amide bonds. The molecule has 0 saturated carbocycles. The van der Waals surface area contributed by atoms with E-state index in [0.29, 0.717) is 18.0 Å². The molecule has 1 aromatic carbocycles. The van der Waals surface area contributed by atoms with Crippen LogP contribution in [-0.4, -0.2) is 36.1 Å². The van der Waals surface area contributed by atoms with Gasteiger partial charge in [-0.25, -0.2) is 0 Å². The molecule has 2 aliphatic heterocycles. The van der Waals surface area contributed by atoms with Gasteiger partial charge in [0.2, 0.25) is 0 Å². The summed E-state index contributed by atoms with van der Waals surface area (Å²) in [6.45, 7) is 0.451. The van der Waals surface area contributed by atoms with E-state index in [1.54, 1.807) is 37.6 Å². The van der Waals surface area contributed by atoms with Crippen LogP contribution in [0.2, 0.25) is 0 Å². The number of ether oxygens (including phenoxy) is 2. The summed E-state index contributed by atoms with van der Waals surface area (Å²) in [6, 6.07) is 5.59. The number of fused-ring (bicyclic) bond motifs is 1. The lowest BCUT2D eigenvalue weighted by Crippen LogP contribution is -2.50. The van der Waals surface area contributed by atoms with Crippen LogP contribution in [0.3, 0.4) is 0 Å². The first kappa shape index (κ1) is 14.8. The molecule has 0 radical (unpaired) electrons. The molecule has 0 saturated heterocycles. The fourth-order valence-corrected chi connectivity index (χ4v) is 2.90. The van der Waals surface area contributed by atoms with Crippen LogP contribution in [0.25, 0.3) is 0 Å². The molecule has 2 heterocycles. The Morgan fingerprint density at radius 1 is 1.18 bits per heavy atom. The van der Waals surface area contributed by atoms with Gasteiger partial charge in [0.25, 0.3) is 5.91 Å². The molecule has 0 aliphatic carbocycles. The molecule has 0 spiro atoms. The van der Waals surface area contributed by atoms with E-state index in [4.69, 9.17) is 9.47 Å². The summed E-state index contributed by atoms with van der Waals surface area (Å²) in [4.78, 5) is 16.0. The number of methoxy groups -OCH3 is 2. The lowest BCUT2D eigenvalue weighted by atomic mass is 10.1. The van der Waals surface area contributed by atoms with Crippen molar-refractivity contribution in [3.63, 3.8) is 0 Å². The van der Waals surface area contributed by atoms with Gasteiger partial charge in [0, 0.05) is 24.7 Å². The smallest absolute Gasteiger partial charge is 0.270 e. The van der Waals surface area contributed by atoms with E-state index in [0.717, 1.165) is 10.2 Å². The molecule has 2 aliphatic rings. The Bertz CT molecular complexity index is 637. The van der Waals surface area contributed by atoms with Crippen molar-refractivity contribution in [1.82, 2.24) is 15.1 Å². The Labute approximate surface area is 137 Å². The number of benzene rings is 1. The maximum atomic E-state index is 12.5. The molecule has 1 unspecified atom stereocenters. The highest BCUT2D eigenvalue weighted by atomic mass is 79.9. The van der Waals surface area contributed by atoms with Crippen LogP contribution in [0.5, 0.6) is 11.5 Å². The number of halogens is 1. The van der Waals surface area contributed by atoms with Gasteiger partial charge in [0.05, 0.1) is 20.8 Å². The highest BCUT2D eigenvalue weighted by Gasteiger charge is 2.35. The molecule has 7 heteroatoms. The number of carbonyl (C=O) groups is 1. The highest BCUT2D eigenvalue weighted by molar-refractivity contribution is 9.11. The molecule has 0 bridgehead atoms. The summed E-state index contributed by atoms with van der Waals surface area (Å²) in [6.07, 6.45) is 5.01. The second-order valence-electron chi connectivity index (χ2n) is 4.93. The second kappa shape index (κ2) is 5.92. The maximum Gasteiger partial charge on any atom is 0.270 e. The van der Waals surface area contributed by atoms with E-state index >= 15 is 0 Å².